The van der Waals surface area contributed by atoms with Crippen LogP contribution >= 0.6 is 0 Å². The Morgan fingerprint density at radius 1 is 1.19 bits per heavy atom. The van der Waals surface area contributed by atoms with Crippen molar-refractivity contribution in [2.24, 2.45) is 5.92 Å². The van der Waals surface area contributed by atoms with Crippen LogP contribution < -0.4 is 4.72 Å². The van der Waals surface area contributed by atoms with Crippen molar-refractivity contribution >= 4 is 21.8 Å². The van der Waals surface area contributed by atoms with Crippen molar-refractivity contribution in [2.75, 3.05) is 13.1 Å². The summed E-state index contributed by atoms with van der Waals surface area (Å²) in [6, 6.07) is 5.79. The maximum atomic E-state index is 12.5. The molecule has 2 fully saturated rings. The van der Waals surface area contributed by atoms with Crippen LogP contribution in [-0.4, -0.2) is 55.3 Å². The van der Waals surface area contributed by atoms with Gasteiger partial charge in [0.25, 0.3) is 0 Å². The molecule has 0 atom stereocenters. The van der Waals surface area contributed by atoms with Crippen molar-refractivity contribution in [3.05, 3.63) is 29.8 Å². The number of benzene rings is 1. The predicted molar refractivity (Wildman–Crippen MR) is 95.5 cm³/mol. The molecule has 0 amide bonds. The molecule has 2 aliphatic rings. The monoisotopic (exact) mass is 380 g/mol. The molecule has 26 heavy (non-hydrogen) atoms. The van der Waals surface area contributed by atoms with Crippen LogP contribution in [0.25, 0.3) is 0 Å². The number of hydrogen-bond donors (Lipinski definition) is 2. The summed E-state index contributed by atoms with van der Waals surface area (Å²) in [5.41, 5.74) is 0.469. The van der Waals surface area contributed by atoms with Crippen molar-refractivity contribution in [1.82, 2.24) is 9.62 Å². The SMILES string of the molecule is CC(=O)c1ccc(S(=O)(=O)NC2CC(N(CC(=O)O)CC3CC3)C2)cc1. The molecule has 7 nitrogen and oxygen atoms in total. The highest BCUT2D eigenvalue weighted by molar-refractivity contribution is 7.89. The van der Waals surface area contributed by atoms with Gasteiger partial charge in [0.05, 0.1) is 11.4 Å². The average Bonchev–Trinajstić information content (AvgIpc) is 3.33. The van der Waals surface area contributed by atoms with E-state index < -0.39 is 16.0 Å². The lowest BCUT2D eigenvalue weighted by atomic mass is 9.86. The van der Waals surface area contributed by atoms with E-state index in [-0.39, 0.29) is 29.3 Å². The van der Waals surface area contributed by atoms with Gasteiger partial charge in [0, 0.05) is 24.2 Å². The lowest BCUT2D eigenvalue weighted by Gasteiger charge is -2.42. The minimum Gasteiger partial charge on any atom is -0.480 e. The van der Waals surface area contributed by atoms with Crippen molar-refractivity contribution in [1.29, 1.82) is 0 Å². The van der Waals surface area contributed by atoms with Crippen LogP contribution in [0, 0.1) is 5.92 Å². The number of carbonyl (C=O) groups excluding carboxylic acids is 1. The fourth-order valence-corrected chi connectivity index (χ4v) is 4.55. The number of hydrogen-bond acceptors (Lipinski definition) is 5. The van der Waals surface area contributed by atoms with Gasteiger partial charge >= 0.3 is 5.97 Å². The standard InChI is InChI=1S/C18H24N2O5S/c1-12(21)14-4-6-17(7-5-14)26(24,25)19-15-8-16(9-15)20(11-18(22)23)10-13-2-3-13/h4-7,13,15-16,19H,2-3,8-11H2,1H3,(H,22,23). The Morgan fingerprint density at radius 3 is 2.31 bits per heavy atom. The number of nitrogens with zero attached hydrogens (tertiary/aromatic N) is 1. The second-order valence-electron chi connectivity index (χ2n) is 7.29. The molecular formula is C18H24N2O5S. The highest BCUT2D eigenvalue weighted by Gasteiger charge is 2.38. The van der Waals surface area contributed by atoms with E-state index in [0.29, 0.717) is 24.3 Å². The first-order valence-corrected chi connectivity index (χ1v) is 10.3. The Morgan fingerprint density at radius 2 is 1.81 bits per heavy atom. The van der Waals surface area contributed by atoms with Gasteiger partial charge in [0.15, 0.2) is 5.78 Å². The van der Waals surface area contributed by atoms with E-state index >= 15 is 0 Å². The molecule has 0 saturated heterocycles. The zero-order valence-electron chi connectivity index (χ0n) is 14.7. The second-order valence-corrected chi connectivity index (χ2v) is 9.00. The number of sulfonamides is 1. The van der Waals surface area contributed by atoms with Gasteiger partial charge in [-0.3, -0.25) is 14.5 Å². The quantitative estimate of drug-likeness (QED) is 0.629. The van der Waals surface area contributed by atoms with Gasteiger partial charge < -0.3 is 5.11 Å². The van der Waals surface area contributed by atoms with Crippen LogP contribution in [0.15, 0.2) is 29.2 Å². The van der Waals surface area contributed by atoms with Crippen molar-refractivity contribution in [3.63, 3.8) is 0 Å². The third kappa shape index (κ3) is 4.69. The average molecular weight is 380 g/mol. The van der Waals surface area contributed by atoms with Gasteiger partial charge in [-0.2, -0.15) is 0 Å². The van der Waals surface area contributed by atoms with Gasteiger partial charge in [-0.05, 0) is 50.7 Å². The first-order valence-electron chi connectivity index (χ1n) is 8.84. The fraction of sp³-hybridized carbons (Fsp3) is 0.556. The van der Waals surface area contributed by atoms with Crippen LogP contribution in [0.3, 0.4) is 0 Å². The van der Waals surface area contributed by atoms with E-state index in [4.69, 9.17) is 5.11 Å². The van der Waals surface area contributed by atoms with Crippen LogP contribution in [0.2, 0.25) is 0 Å². The Hall–Kier alpha value is -1.77. The molecule has 2 aliphatic carbocycles. The molecule has 142 valence electrons. The molecule has 1 aromatic rings. The first-order chi connectivity index (χ1) is 12.2. The summed E-state index contributed by atoms with van der Waals surface area (Å²) >= 11 is 0. The molecule has 0 spiro atoms. The smallest absolute Gasteiger partial charge is 0.317 e. The van der Waals surface area contributed by atoms with E-state index in [1.165, 1.54) is 31.2 Å². The number of ketones is 1. The summed E-state index contributed by atoms with van der Waals surface area (Å²) in [5, 5.41) is 9.07. The number of nitrogens with one attached hydrogen (secondary N) is 1. The minimum absolute atomic E-state index is 0.00709. The molecule has 0 bridgehead atoms. The number of carboxylic acids is 1. The largest absolute Gasteiger partial charge is 0.480 e. The van der Waals surface area contributed by atoms with Crippen LogP contribution in [0.5, 0.6) is 0 Å². The molecule has 2 saturated carbocycles. The van der Waals surface area contributed by atoms with Gasteiger partial charge in [0.2, 0.25) is 10.0 Å². The Labute approximate surface area is 153 Å². The fourth-order valence-electron chi connectivity index (χ4n) is 3.29. The summed E-state index contributed by atoms with van der Waals surface area (Å²) in [4.78, 5) is 24.4. The van der Waals surface area contributed by atoms with Crippen LogP contribution in [-0.2, 0) is 14.8 Å². The molecule has 0 aliphatic heterocycles. The third-order valence-electron chi connectivity index (χ3n) is 5.05. The van der Waals surface area contributed by atoms with E-state index in [9.17, 15) is 18.0 Å². The third-order valence-corrected chi connectivity index (χ3v) is 6.59. The van der Waals surface area contributed by atoms with Gasteiger partial charge in [-0.1, -0.05) is 12.1 Å². The van der Waals surface area contributed by atoms with Crippen LogP contribution in [0.1, 0.15) is 43.0 Å². The Balaban J connectivity index is 1.56. The lowest BCUT2D eigenvalue weighted by molar-refractivity contribution is -0.139. The molecule has 2 N–H and O–H groups in total. The molecular weight excluding hydrogens is 356 g/mol. The number of Topliss-reactive ketones (excluding diaryl/α,β-unsaturated/α-hetero) is 1. The first kappa shape index (κ1) is 19.0. The Bertz CT molecular complexity index is 780. The van der Waals surface area contributed by atoms with Crippen molar-refractivity contribution < 1.29 is 23.1 Å². The highest BCUT2D eigenvalue weighted by Crippen LogP contribution is 2.34. The number of rotatable bonds is 9. The highest BCUT2D eigenvalue weighted by atomic mass is 32.2. The summed E-state index contributed by atoms with van der Waals surface area (Å²) in [5.74, 6) is -0.372. The zero-order chi connectivity index (χ0) is 18.9. The topological polar surface area (TPSA) is 104 Å². The van der Waals surface area contributed by atoms with E-state index in [2.05, 4.69) is 4.72 Å². The number of carboxylic acid groups (broad SMARTS) is 1. The summed E-state index contributed by atoms with van der Waals surface area (Å²) in [6.07, 6.45) is 3.53. The predicted octanol–water partition coefficient (Wildman–Crippen LogP) is 1.50. The molecule has 0 unspecified atom stereocenters. The van der Waals surface area contributed by atoms with Gasteiger partial charge in [-0.15, -0.1) is 0 Å². The maximum Gasteiger partial charge on any atom is 0.317 e. The second kappa shape index (κ2) is 7.46. The van der Waals surface area contributed by atoms with Crippen LogP contribution in [0.4, 0.5) is 0 Å². The van der Waals surface area contributed by atoms with Gasteiger partial charge in [0.1, 0.15) is 0 Å². The maximum absolute atomic E-state index is 12.5. The summed E-state index contributed by atoms with van der Waals surface area (Å²) in [7, 11) is -3.64. The van der Waals surface area contributed by atoms with E-state index in [1.807, 2.05) is 4.90 Å². The molecule has 0 aromatic heterocycles. The van der Waals surface area contributed by atoms with Crippen molar-refractivity contribution in [2.45, 2.75) is 49.6 Å². The number of carbonyl (C=O) groups is 2. The van der Waals surface area contributed by atoms with Gasteiger partial charge in [-0.25, -0.2) is 13.1 Å². The number of aliphatic carboxylic acids is 1. The molecule has 8 heteroatoms. The zero-order valence-corrected chi connectivity index (χ0v) is 15.5. The summed E-state index contributed by atoms with van der Waals surface area (Å²) in [6.45, 7) is 2.22. The van der Waals surface area contributed by atoms with Crippen molar-refractivity contribution in [3.8, 4) is 0 Å². The van der Waals surface area contributed by atoms with E-state index in [0.717, 1.165) is 19.4 Å². The summed E-state index contributed by atoms with van der Waals surface area (Å²) < 4.78 is 27.6. The van der Waals surface area contributed by atoms with E-state index in [1.54, 1.807) is 0 Å². The molecule has 0 heterocycles. The Kier molecular flexibility index (Phi) is 5.45. The lowest BCUT2D eigenvalue weighted by Crippen LogP contribution is -2.55. The minimum atomic E-state index is -3.64. The molecule has 3 rings (SSSR count). The molecule has 1 aromatic carbocycles. The normalized spacial score (nSPS) is 22.8. The molecule has 0 radical (unpaired) electrons.